The van der Waals surface area contributed by atoms with Crippen LogP contribution in [0.3, 0.4) is 0 Å². The molecule has 192 valence electrons. The Labute approximate surface area is 207 Å². The van der Waals surface area contributed by atoms with E-state index >= 15 is 0 Å². The molecule has 36 heavy (non-hydrogen) atoms. The number of pyridine rings is 1. The van der Waals surface area contributed by atoms with Gasteiger partial charge in [0.05, 0.1) is 29.8 Å². The Kier molecular flexibility index (Phi) is 6.83. The number of aryl methyl sites for hydroxylation is 1. The van der Waals surface area contributed by atoms with E-state index < -0.39 is 18.1 Å². The number of carbonyl (C=O) groups excluding carboxylic acids is 1. The molecule has 1 aliphatic carbocycles. The van der Waals surface area contributed by atoms with Crippen molar-refractivity contribution < 1.29 is 18.0 Å². The van der Waals surface area contributed by atoms with Crippen molar-refractivity contribution in [2.45, 2.75) is 45.0 Å². The van der Waals surface area contributed by atoms with E-state index in [-0.39, 0.29) is 29.7 Å². The van der Waals surface area contributed by atoms with Gasteiger partial charge in [-0.3, -0.25) is 4.79 Å². The molecule has 0 radical (unpaired) electrons. The number of aromatic nitrogens is 4. The molecular formula is C25H30F3N7O. The van der Waals surface area contributed by atoms with Crippen LogP contribution in [0.25, 0.3) is 5.65 Å². The Morgan fingerprint density at radius 1 is 1.25 bits per heavy atom. The summed E-state index contributed by atoms with van der Waals surface area (Å²) >= 11 is 0. The molecule has 8 nitrogen and oxygen atoms in total. The summed E-state index contributed by atoms with van der Waals surface area (Å²) in [6.07, 6.45) is 6.39. The zero-order valence-electron chi connectivity index (χ0n) is 20.4. The normalized spacial score (nSPS) is 18.4. The van der Waals surface area contributed by atoms with Crippen LogP contribution in [0.4, 0.5) is 24.7 Å². The molecule has 1 saturated heterocycles. The molecule has 5 rings (SSSR count). The van der Waals surface area contributed by atoms with Gasteiger partial charge in [0.2, 0.25) is 0 Å². The molecule has 0 aromatic carbocycles. The molecule has 1 N–H and O–H groups in total. The Bertz CT molecular complexity index is 1260. The first kappa shape index (κ1) is 24.5. The van der Waals surface area contributed by atoms with Crippen LogP contribution >= 0.6 is 0 Å². The van der Waals surface area contributed by atoms with Crippen LogP contribution in [0.2, 0.25) is 0 Å². The standard InChI is InChI=1S/C25H30F3N7O/c1-15-10-35-13-18(8-19(26)23(35)30-15)31-25(36)20-9-29-24(22(32-20)17-4-3-5-17)34-7-6-16(12-34)11-33(2)14-21(27)28/h8-10,13,16-17,21H,3-7,11-12,14H2,1-2H3,(H,31,36)/t16-/m0/s1. The van der Waals surface area contributed by atoms with Gasteiger partial charge < -0.3 is 19.5 Å². The third kappa shape index (κ3) is 5.16. The van der Waals surface area contributed by atoms with E-state index in [4.69, 9.17) is 4.98 Å². The molecular weight excluding hydrogens is 471 g/mol. The minimum atomic E-state index is -2.34. The maximum Gasteiger partial charge on any atom is 0.275 e. The van der Waals surface area contributed by atoms with Gasteiger partial charge in [-0.25, -0.2) is 28.1 Å². The predicted molar refractivity (Wildman–Crippen MR) is 130 cm³/mol. The lowest BCUT2D eigenvalue weighted by Crippen LogP contribution is -2.32. The lowest BCUT2D eigenvalue weighted by molar-refractivity contribution is 0.0945. The Hall–Kier alpha value is -3.21. The van der Waals surface area contributed by atoms with E-state index in [0.29, 0.717) is 17.9 Å². The molecule has 4 heterocycles. The van der Waals surface area contributed by atoms with E-state index in [0.717, 1.165) is 50.3 Å². The molecule has 0 unspecified atom stereocenters. The van der Waals surface area contributed by atoms with Crippen LogP contribution < -0.4 is 10.2 Å². The van der Waals surface area contributed by atoms with Gasteiger partial charge in [0, 0.05) is 44.0 Å². The molecule has 2 aliphatic rings. The van der Waals surface area contributed by atoms with Gasteiger partial charge in [-0.1, -0.05) is 6.42 Å². The first-order valence-corrected chi connectivity index (χ1v) is 12.3. The second kappa shape index (κ2) is 10.0. The monoisotopic (exact) mass is 501 g/mol. The summed E-state index contributed by atoms with van der Waals surface area (Å²) < 4.78 is 41.4. The van der Waals surface area contributed by atoms with Crippen molar-refractivity contribution >= 4 is 23.1 Å². The molecule has 1 aliphatic heterocycles. The van der Waals surface area contributed by atoms with Crippen LogP contribution in [0.5, 0.6) is 0 Å². The number of carbonyl (C=O) groups is 1. The molecule has 2 fully saturated rings. The van der Waals surface area contributed by atoms with E-state index in [1.54, 1.807) is 31.3 Å². The number of rotatable bonds is 8. The second-order valence-corrected chi connectivity index (χ2v) is 9.95. The van der Waals surface area contributed by atoms with Crippen molar-refractivity contribution in [3.63, 3.8) is 0 Å². The number of fused-ring (bicyclic) bond motifs is 1. The van der Waals surface area contributed by atoms with Gasteiger partial charge >= 0.3 is 0 Å². The van der Waals surface area contributed by atoms with Gasteiger partial charge in [0.25, 0.3) is 12.3 Å². The molecule has 1 atom stereocenters. The fourth-order valence-electron chi connectivity index (χ4n) is 5.07. The van der Waals surface area contributed by atoms with Gasteiger partial charge in [0.15, 0.2) is 17.3 Å². The minimum Gasteiger partial charge on any atom is -0.355 e. The minimum absolute atomic E-state index is 0.176. The smallest absolute Gasteiger partial charge is 0.275 e. The van der Waals surface area contributed by atoms with Crippen LogP contribution in [-0.4, -0.2) is 69.8 Å². The largest absolute Gasteiger partial charge is 0.355 e. The van der Waals surface area contributed by atoms with Crippen molar-refractivity contribution in [3.8, 4) is 0 Å². The summed E-state index contributed by atoms with van der Waals surface area (Å²) in [5.74, 6) is 0.294. The number of hydrogen-bond donors (Lipinski definition) is 1. The molecule has 3 aromatic heterocycles. The number of nitrogens with zero attached hydrogens (tertiary/aromatic N) is 6. The lowest BCUT2D eigenvalue weighted by atomic mass is 9.82. The molecule has 1 amide bonds. The second-order valence-electron chi connectivity index (χ2n) is 9.95. The zero-order chi connectivity index (χ0) is 25.4. The first-order valence-electron chi connectivity index (χ1n) is 12.3. The highest BCUT2D eigenvalue weighted by Gasteiger charge is 2.32. The summed E-state index contributed by atoms with van der Waals surface area (Å²) in [7, 11) is 1.72. The highest BCUT2D eigenvalue weighted by Crippen LogP contribution is 2.40. The predicted octanol–water partition coefficient (Wildman–Crippen LogP) is 4.11. The topological polar surface area (TPSA) is 78.7 Å². The van der Waals surface area contributed by atoms with Crippen molar-refractivity contribution in [1.82, 2.24) is 24.3 Å². The maximum atomic E-state index is 14.4. The fraction of sp³-hybridized carbons (Fsp3) is 0.520. The van der Waals surface area contributed by atoms with E-state index in [2.05, 4.69) is 20.2 Å². The van der Waals surface area contributed by atoms with Crippen LogP contribution in [0, 0.1) is 18.7 Å². The fourth-order valence-corrected chi connectivity index (χ4v) is 5.07. The lowest BCUT2D eigenvalue weighted by Gasteiger charge is -2.29. The Morgan fingerprint density at radius 2 is 2.06 bits per heavy atom. The van der Waals surface area contributed by atoms with Gasteiger partial charge in [-0.05, 0) is 39.2 Å². The number of anilines is 2. The van der Waals surface area contributed by atoms with Gasteiger partial charge in [-0.2, -0.15) is 0 Å². The Morgan fingerprint density at radius 3 is 2.78 bits per heavy atom. The number of imidazole rings is 1. The van der Waals surface area contributed by atoms with Gasteiger partial charge in [-0.15, -0.1) is 0 Å². The quantitative estimate of drug-likeness (QED) is 0.501. The van der Waals surface area contributed by atoms with Crippen LogP contribution in [0.15, 0.2) is 24.7 Å². The molecule has 0 bridgehead atoms. The number of nitrogens with one attached hydrogen (secondary N) is 1. The summed E-state index contributed by atoms with van der Waals surface area (Å²) in [6.45, 7) is 3.64. The molecule has 1 saturated carbocycles. The van der Waals surface area contributed by atoms with E-state index in [9.17, 15) is 18.0 Å². The number of hydrogen-bond acceptors (Lipinski definition) is 6. The molecule has 11 heteroatoms. The van der Waals surface area contributed by atoms with Crippen molar-refractivity contribution in [1.29, 1.82) is 0 Å². The number of alkyl halides is 2. The summed E-state index contributed by atoms with van der Waals surface area (Å²) in [5, 5.41) is 2.73. The van der Waals surface area contributed by atoms with E-state index in [1.165, 1.54) is 16.7 Å². The average Bonchev–Trinajstić information content (AvgIpc) is 3.38. The van der Waals surface area contributed by atoms with Gasteiger partial charge in [0.1, 0.15) is 5.69 Å². The SMILES string of the molecule is Cc1cn2cc(NC(=O)c3cnc(N4CC[C@@H](CN(C)CC(F)F)C4)c(C4CCC4)n3)cc(F)c2n1. The number of amides is 1. The zero-order valence-corrected chi connectivity index (χ0v) is 20.4. The third-order valence-corrected chi connectivity index (χ3v) is 6.99. The summed E-state index contributed by atoms with van der Waals surface area (Å²) in [6, 6.07) is 1.24. The first-order chi connectivity index (χ1) is 17.3. The third-order valence-electron chi connectivity index (χ3n) is 6.99. The molecule has 0 spiro atoms. The summed E-state index contributed by atoms with van der Waals surface area (Å²) in [4.78, 5) is 30.3. The van der Waals surface area contributed by atoms with Crippen molar-refractivity contribution in [2.24, 2.45) is 5.92 Å². The van der Waals surface area contributed by atoms with Crippen LogP contribution in [0.1, 0.15) is 53.5 Å². The average molecular weight is 502 g/mol. The van der Waals surface area contributed by atoms with Crippen molar-refractivity contribution in [2.75, 3.05) is 43.4 Å². The number of halogens is 3. The summed E-state index contributed by atoms with van der Waals surface area (Å²) in [5.41, 5.74) is 2.16. The van der Waals surface area contributed by atoms with E-state index in [1.807, 2.05) is 0 Å². The highest BCUT2D eigenvalue weighted by molar-refractivity contribution is 6.02. The Balaban J connectivity index is 1.32. The highest BCUT2D eigenvalue weighted by atomic mass is 19.3. The van der Waals surface area contributed by atoms with Crippen LogP contribution in [-0.2, 0) is 0 Å². The maximum absolute atomic E-state index is 14.4. The van der Waals surface area contributed by atoms with Crippen molar-refractivity contribution in [3.05, 3.63) is 47.6 Å². The molecule has 3 aromatic rings.